The number of carbonyl (C=O) groups excluding carboxylic acids is 2. The monoisotopic (exact) mass is 447 g/mol. The van der Waals surface area contributed by atoms with E-state index in [4.69, 9.17) is 14.2 Å². The Kier molecular flexibility index (Phi) is 8.67. The van der Waals surface area contributed by atoms with E-state index in [1.165, 1.54) is 22.9 Å². The fourth-order valence-electron chi connectivity index (χ4n) is 2.56. The second-order valence-electron chi connectivity index (χ2n) is 7.67. The molecule has 1 heterocycles. The van der Waals surface area contributed by atoms with E-state index in [0.717, 1.165) is 5.56 Å². The number of esters is 1. The van der Waals surface area contributed by atoms with Crippen molar-refractivity contribution in [1.82, 2.24) is 14.9 Å². The SMILES string of the molecule is CCOC(=O)c1cnc(SC)nc1OC(CN(C)C(=O)OC(C)(C)C)c1ccccc1. The van der Waals surface area contributed by atoms with Gasteiger partial charge in [0.1, 0.15) is 17.3 Å². The molecule has 0 fully saturated rings. The smallest absolute Gasteiger partial charge is 0.410 e. The largest absolute Gasteiger partial charge is 0.467 e. The van der Waals surface area contributed by atoms with Crippen LogP contribution in [-0.2, 0) is 9.47 Å². The molecule has 0 saturated carbocycles. The van der Waals surface area contributed by atoms with Crippen molar-refractivity contribution < 1.29 is 23.8 Å². The molecule has 0 aliphatic rings. The van der Waals surface area contributed by atoms with Gasteiger partial charge >= 0.3 is 12.1 Å². The summed E-state index contributed by atoms with van der Waals surface area (Å²) in [5, 5.41) is 0.454. The third-order valence-corrected chi connectivity index (χ3v) is 4.54. The van der Waals surface area contributed by atoms with Crippen LogP contribution in [0.15, 0.2) is 41.7 Å². The maximum atomic E-state index is 12.5. The highest BCUT2D eigenvalue weighted by atomic mass is 32.2. The highest BCUT2D eigenvalue weighted by Gasteiger charge is 2.26. The molecule has 1 aromatic carbocycles. The third kappa shape index (κ3) is 7.43. The van der Waals surface area contributed by atoms with Crippen LogP contribution >= 0.6 is 11.8 Å². The maximum absolute atomic E-state index is 12.5. The number of likely N-dealkylation sites (N-methyl/N-ethyl adjacent to an activating group) is 1. The first kappa shape index (κ1) is 24.5. The Balaban J connectivity index is 2.36. The van der Waals surface area contributed by atoms with E-state index in [2.05, 4.69) is 9.97 Å². The molecule has 168 valence electrons. The normalized spacial score (nSPS) is 12.1. The van der Waals surface area contributed by atoms with Gasteiger partial charge in [0.2, 0.25) is 5.88 Å². The van der Waals surface area contributed by atoms with Crippen LogP contribution in [0.2, 0.25) is 0 Å². The topological polar surface area (TPSA) is 90.9 Å². The zero-order chi connectivity index (χ0) is 23.0. The van der Waals surface area contributed by atoms with Crippen LogP contribution in [0.5, 0.6) is 5.88 Å². The molecule has 0 N–H and O–H groups in total. The van der Waals surface area contributed by atoms with Crippen molar-refractivity contribution in [2.75, 3.05) is 26.5 Å². The Morgan fingerprint density at radius 2 is 1.87 bits per heavy atom. The highest BCUT2D eigenvalue weighted by molar-refractivity contribution is 7.98. The number of amides is 1. The first-order valence-corrected chi connectivity index (χ1v) is 11.1. The van der Waals surface area contributed by atoms with E-state index < -0.39 is 23.8 Å². The van der Waals surface area contributed by atoms with Crippen LogP contribution in [0.1, 0.15) is 49.7 Å². The fraction of sp³-hybridized carbons (Fsp3) is 0.455. The molecule has 0 radical (unpaired) electrons. The molecule has 9 heteroatoms. The van der Waals surface area contributed by atoms with Gasteiger partial charge in [-0.2, -0.15) is 4.98 Å². The quantitative estimate of drug-likeness (QED) is 0.335. The van der Waals surface area contributed by atoms with Gasteiger partial charge in [0.05, 0.1) is 13.2 Å². The Hall–Kier alpha value is -2.81. The van der Waals surface area contributed by atoms with Crippen molar-refractivity contribution in [2.45, 2.75) is 44.6 Å². The molecule has 2 rings (SSSR count). The predicted octanol–water partition coefficient (Wildman–Crippen LogP) is 4.36. The summed E-state index contributed by atoms with van der Waals surface area (Å²) in [5.74, 6) is -0.471. The molecule has 1 amide bonds. The molecular formula is C22H29N3O5S. The predicted molar refractivity (Wildman–Crippen MR) is 118 cm³/mol. The van der Waals surface area contributed by atoms with Gasteiger partial charge in [0.15, 0.2) is 5.16 Å². The van der Waals surface area contributed by atoms with E-state index in [-0.39, 0.29) is 24.6 Å². The summed E-state index contributed by atoms with van der Waals surface area (Å²) in [4.78, 5) is 34.8. The molecule has 0 spiro atoms. The number of benzene rings is 1. The highest BCUT2D eigenvalue weighted by Crippen LogP contribution is 2.27. The van der Waals surface area contributed by atoms with Gasteiger partial charge in [0, 0.05) is 13.2 Å². The zero-order valence-electron chi connectivity index (χ0n) is 18.7. The van der Waals surface area contributed by atoms with Crippen molar-refractivity contribution in [3.8, 4) is 5.88 Å². The number of rotatable bonds is 8. The van der Waals surface area contributed by atoms with Gasteiger partial charge < -0.3 is 19.1 Å². The lowest BCUT2D eigenvalue weighted by molar-refractivity contribution is 0.0218. The fourth-order valence-corrected chi connectivity index (χ4v) is 2.90. The molecule has 1 atom stereocenters. The third-order valence-electron chi connectivity index (χ3n) is 3.98. The molecule has 31 heavy (non-hydrogen) atoms. The molecule has 8 nitrogen and oxygen atoms in total. The average Bonchev–Trinajstić information content (AvgIpc) is 2.72. The second-order valence-corrected chi connectivity index (χ2v) is 8.45. The van der Waals surface area contributed by atoms with Crippen LogP contribution < -0.4 is 4.74 Å². The van der Waals surface area contributed by atoms with Crippen molar-refractivity contribution in [3.63, 3.8) is 0 Å². The summed E-state index contributed by atoms with van der Waals surface area (Å²) in [6.07, 6.45) is 2.14. The first-order valence-electron chi connectivity index (χ1n) is 9.88. The number of nitrogens with zero attached hydrogens (tertiary/aromatic N) is 3. The molecule has 0 aliphatic heterocycles. The van der Waals surface area contributed by atoms with E-state index in [1.807, 2.05) is 36.6 Å². The molecule has 2 aromatic rings. The number of ether oxygens (including phenoxy) is 3. The number of thioether (sulfide) groups is 1. The van der Waals surface area contributed by atoms with Gasteiger partial charge in [-0.1, -0.05) is 42.1 Å². The minimum atomic E-state index is -0.620. The second kappa shape index (κ2) is 11.0. The Labute approximate surface area is 187 Å². The summed E-state index contributed by atoms with van der Waals surface area (Å²) < 4.78 is 16.7. The van der Waals surface area contributed by atoms with E-state index >= 15 is 0 Å². The van der Waals surface area contributed by atoms with Crippen molar-refractivity contribution >= 4 is 23.8 Å². The number of carbonyl (C=O) groups is 2. The summed E-state index contributed by atoms with van der Waals surface area (Å²) in [5.41, 5.74) is 0.323. The van der Waals surface area contributed by atoms with Gasteiger partial charge in [0.25, 0.3) is 0 Å². The molecular weight excluding hydrogens is 418 g/mol. The maximum Gasteiger partial charge on any atom is 0.410 e. The van der Waals surface area contributed by atoms with Gasteiger partial charge in [-0.15, -0.1) is 0 Å². The average molecular weight is 448 g/mol. The Bertz CT molecular complexity index is 886. The molecule has 0 bridgehead atoms. The van der Waals surface area contributed by atoms with Crippen molar-refractivity contribution in [3.05, 3.63) is 47.7 Å². The van der Waals surface area contributed by atoms with Crippen molar-refractivity contribution in [2.24, 2.45) is 0 Å². The standard InChI is InChI=1S/C22H29N3O5S/c1-7-28-19(26)16-13-23-20(31-6)24-18(16)29-17(15-11-9-8-10-12-15)14-25(5)21(27)30-22(2,3)4/h8-13,17H,7,14H2,1-6H3. The minimum Gasteiger partial charge on any atom is -0.467 e. The van der Waals surface area contributed by atoms with E-state index in [9.17, 15) is 9.59 Å². The van der Waals surface area contributed by atoms with Crippen LogP contribution in [0, 0.1) is 0 Å². The molecule has 1 unspecified atom stereocenters. The Morgan fingerprint density at radius 3 is 2.45 bits per heavy atom. The summed E-state index contributed by atoms with van der Waals surface area (Å²) in [6.45, 7) is 7.53. The molecule has 0 aliphatic carbocycles. The van der Waals surface area contributed by atoms with Crippen LogP contribution in [-0.4, -0.2) is 59.0 Å². The first-order chi connectivity index (χ1) is 14.6. The lowest BCUT2D eigenvalue weighted by Gasteiger charge is -2.28. The lowest BCUT2D eigenvalue weighted by atomic mass is 10.1. The summed E-state index contributed by atoms with van der Waals surface area (Å²) >= 11 is 1.33. The molecule has 1 aromatic heterocycles. The number of hydrogen-bond acceptors (Lipinski definition) is 8. The minimum absolute atomic E-state index is 0.101. The van der Waals surface area contributed by atoms with Gasteiger partial charge in [-0.3, -0.25) is 0 Å². The number of hydrogen-bond donors (Lipinski definition) is 0. The Morgan fingerprint density at radius 1 is 1.19 bits per heavy atom. The van der Waals surface area contributed by atoms with Crippen LogP contribution in [0.3, 0.4) is 0 Å². The molecule has 0 saturated heterocycles. The summed E-state index contributed by atoms with van der Waals surface area (Å²) in [7, 11) is 1.63. The lowest BCUT2D eigenvalue weighted by Crippen LogP contribution is -2.37. The van der Waals surface area contributed by atoms with Crippen LogP contribution in [0.25, 0.3) is 0 Å². The van der Waals surface area contributed by atoms with Gasteiger partial charge in [-0.05, 0) is 39.5 Å². The van der Waals surface area contributed by atoms with Crippen LogP contribution in [0.4, 0.5) is 4.79 Å². The van der Waals surface area contributed by atoms with E-state index in [0.29, 0.717) is 5.16 Å². The zero-order valence-corrected chi connectivity index (χ0v) is 19.6. The van der Waals surface area contributed by atoms with Gasteiger partial charge in [-0.25, -0.2) is 14.6 Å². The summed E-state index contributed by atoms with van der Waals surface area (Å²) in [6, 6.07) is 9.40. The van der Waals surface area contributed by atoms with Crippen molar-refractivity contribution in [1.29, 1.82) is 0 Å². The van der Waals surface area contributed by atoms with E-state index in [1.54, 1.807) is 34.7 Å². The number of aromatic nitrogens is 2.